The van der Waals surface area contributed by atoms with Gasteiger partial charge in [-0.1, -0.05) is 13.8 Å². The number of hydrogen-bond donors (Lipinski definition) is 1. The first-order chi connectivity index (χ1) is 14.3. The van der Waals surface area contributed by atoms with Crippen LogP contribution in [0.3, 0.4) is 0 Å². The smallest absolute Gasteiger partial charge is 0.326 e. The van der Waals surface area contributed by atoms with Gasteiger partial charge in [0.25, 0.3) is 6.43 Å². The van der Waals surface area contributed by atoms with Crippen LogP contribution in [0.15, 0.2) is 18.2 Å². The molecule has 1 saturated carbocycles. The van der Waals surface area contributed by atoms with E-state index in [1.807, 2.05) is 4.90 Å². The molecule has 1 aliphatic carbocycles. The van der Waals surface area contributed by atoms with E-state index in [9.17, 15) is 31.1 Å². The van der Waals surface area contributed by atoms with Crippen LogP contribution in [0, 0.1) is 22.6 Å². The molecule has 1 heterocycles. The average molecular weight is 450 g/mol. The maximum absolute atomic E-state index is 13.5. The van der Waals surface area contributed by atoms with Crippen LogP contribution in [0.25, 0.3) is 0 Å². The van der Waals surface area contributed by atoms with Crippen LogP contribution < -0.4 is 5.32 Å². The highest BCUT2D eigenvalue weighted by Crippen LogP contribution is 2.47. The zero-order chi connectivity index (χ0) is 23.0. The monoisotopic (exact) mass is 450 g/mol. The predicted octanol–water partition coefficient (Wildman–Crippen LogP) is 6.17. The molecule has 1 amide bonds. The van der Waals surface area contributed by atoms with Crippen molar-refractivity contribution in [1.82, 2.24) is 4.90 Å². The van der Waals surface area contributed by atoms with Crippen LogP contribution in [0.1, 0.15) is 57.9 Å². The van der Waals surface area contributed by atoms with Crippen molar-refractivity contribution in [3.63, 3.8) is 0 Å². The van der Waals surface area contributed by atoms with Gasteiger partial charge in [0.05, 0.1) is 5.41 Å². The molecule has 3 rings (SSSR count). The van der Waals surface area contributed by atoms with Gasteiger partial charge in [-0.05, 0) is 62.3 Å². The largest absolute Gasteiger partial charge is 0.394 e. The molecule has 0 aromatic heterocycles. The summed E-state index contributed by atoms with van der Waals surface area (Å²) in [5.41, 5.74) is -2.14. The molecule has 0 radical (unpaired) electrons. The molecule has 31 heavy (non-hydrogen) atoms. The Kier molecular flexibility index (Phi) is 6.65. The number of likely N-dealkylation sites (tertiary alicyclic amines) is 1. The minimum atomic E-state index is -4.22. The first-order valence-electron chi connectivity index (χ1n) is 10.5. The second-order valence-electron chi connectivity index (χ2n) is 9.68. The second kappa shape index (κ2) is 8.64. The minimum Gasteiger partial charge on any atom is -0.326 e. The van der Waals surface area contributed by atoms with Crippen molar-refractivity contribution in [2.75, 3.05) is 25.0 Å². The Morgan fingerprint density at radius 3 is 2.32 bits per heavy atom. The number of carbonyl (C=O) groups excluding carboxylic acids is 1. The zero-order valence-electron chi connectivity index (χ0n) is 17.7. The molecule has 1 aromatic carbocycles. The summed E-state index contributed by atoms with van der Waals surface area (Å²) in [7, 11) is 0. The Labute approximate surface area is 178 Å². The number of hydrogen-bond acceptors (Lipinski definition) is 2. The van der Waals surface area contributed by atoms with Crippen molar-refractivity contribution in [2.24, 2.45) is 16.7 Å². The normalized spacial score (nSPS) is 20.2. The van der Waals surface area contributed by atoms with Gasteiger partial charge in [0, 0.05) is 30.3 Å². The van der Waals surface area contributed by atoms with Gasteiger partial charge in [0.15, 0.2) is 0 Å². The molecule has 0 unspecified atom stereocenters. The van der Waals surface area contributed by atoms with Gasteiger partial charge in [-0.15, -0.1) is 0 Å². The van der Waals surface area contributed by atoms with E-state index in [4.69, 9.17) is 0 Å². The van der Waals surface area contributed by atoms with Crippen LogP contribution in [0.4, 0.5) is 32.0 Å². The Morgan fingerprint density at radius 2 is 1.77 bits per heavy atom. The third-order valence-electron chi connectivity index (χ3n) is 6.80. The van der Waals surface area contributed by atoms with Crippen LogP contribution in [-0.2, 0) is 4.79 Å². The molecular formula is C22H28F6N2O. The lowest BCUT2D eigenvalue weighted by Gasteiger charge is -2.54. The molecule has 1 saturated heterocycles. The topological polar surface area (TPSA) is 32.3 Å². The standard InChI is InChI=1S/C22H28F6N2O/c1-20(2,22(26,27)28)7-8-30-12-21(13-30)5-3-14(4-6-21)19(31)29-17-10-15(18(24)25)9-16(23)11-17/h9-11,14,18H,3-8,12-13H2,1-2H3,(H,29,31). The number of nitrogens with zero attached hydrogens (tertiary/aromatic N) is 1. The maximum atomic E-state index is 13.5. The first kappa shape index (κ1) is 23.9. The number of amides is 1. The maximum Gasteiger partial charge on any atom is 0.394 e. The summed E-state index contributed by atoms with van der Waals surface area (Å²) >= 11 is 0. The summed E-state index contributed by atoms with van der Waals surface area (Å²) in [5.74, 6) is -1.44. The lowest BCUT2D eigenvalue weighted by atomic mass is 9.65. The average Bonchev–Trinajstić information content (AvgIpc) is 2.63. The molecule has 0 bridgehead atoms. The molecule has 1 aromatic rings. The molecular weight excluding hydrogens is 422 g/mol. The van der Waals surface area contributed by atoms with Gasteiger partial charge >= 0.3 is 6.18 Å². The van der Waals surface area contributed by atoms with Gasteiger partial charge in [-0.2, -0.15) is 13.2 Å². The molecule has 2 fully saturated rings. The number of carbonyl (C=O) groups is 1. The molecule has 1 spiro atoms. The summed E-state index contributed by atoms with van der Waals surface area (Å²) in [6, 6.07) is 2.82. The van der Waals surface area contributed by atoms with Gasteiger partial charge < -0.3 is 10.2 Å². The Hall–Kier alpha value is -1.77. The van der Waals surface area contributed by atoms with Crippen molar-refractivity contribution in [1.29, 1.82) is 0 Å². The van der Waals surface area contributed by atoms with Crippen LogP contribution in [0.2, 0.25) is 0 Å². The Morgan fingerprint density at radius 1 is 1.16 bits per heavy atom. The molecule has 1 N–H and O–H groups in total. The van der Waals surface area contributed by atoms with Gasteiger partial charge in [-0.3, -0.25) is 4.79 Å². The fraction of sp³-hybridized carbons (Fsp3) is 0.682. The second-order valence-corrected chi connectivity index (χ2v) is 9.68. The number of benzene rings is 1. The summed E-state index contributed by atoms with van der Waals surface area (Å²) in [6.45, 7) is 4.29. The molecule has 2 aliphatic rings. The summed E-state index contributed by atoms with van der Waals surface area (Å²) in [4.78, 5) is 14.5. The van der Waals surface area contributed by atoms with Crippen LogP contribution in [-0.4, -0.2) is 36.6 Å². The van der Waals surface area contributed by atoms with E-state index in [1.54, 1.807) is 0 Å². The third-order valence-corrected chi connectivity index (χ3v) is 6.80. The van der Waals surface area contributed by atoms with E-state index in [0.29, 0.717) is 19.4 Å². The number of alkyl halides is 5. The van der Waals surface area contributed by atoms with E-state index in [1.165, 1.54) is 13.8 Å². The van der Waals surface area contributed by atoms with Crippen LogP contribution >= 0.6 is 0 Å². The zero-order valence-corrected chi connectivity index (χ0v) is 17.7. The first-order valence-corrected chi connectivity index (χ1v) is 10.5. The van der Waals surface area contributed by atoms with E-state index in [0.717, 1.165) is 44.1 Å². The highest BCUT2D eigenvalue weighted by molar-refractivity contribution is 5.92. The van der Waals surface area contributed by atoms with E-state index >= 15 is 0 Å². The van der Waals surface area contributed by atoms with E-state index in [-0.39, 0.29) is 29.3 Å². The SMILES string of the molecule is CC(C)(CCN1CC2(CCC(C(=O)Nc3cc(F)cc(C(F)F)c3)CC2)C1)C(F)(F)F. The lowest BCUT2D eigenvalue weighted by molar-refractivity contribution is -0.216. The van der Waals surface area contributed by atoms with Crippen molar-refractivity contribution < 1.29 is 31.1 Å². The number of anilines is 1. The van der Waals surface area contributed by atoms with E-state index in [2.05, 4.69) is 5.32 Å². The number of nitrogens with one attached hydrogen (secondary N) is 1. The van der Waals surface area contributed by atoms with Crippen LogP contribution in [0.5, 0.6) is 0 Å². The summed E-state index contributed by atoms with van der Waals surface area (Å²) in [5, 5.41) is 2.54. The fourth-order valence-electron chi connectivity index (χ4n) is 4.50. The lowest BCUT2D eigenvalue weighted by Crippen LogP contribution is -2.58. The van der Waals surface area contributed by atoms with Crippen molar-refractivity contribution >= 4 is 11.6 Å². The highest BCUT2D eigenvalue weighted by Gasteiger charge is 2.49. The quantitative estimate of drug-likeness (QED) is 0.526. The van der Waals surface area contributed by atoms with Gasteiger partial charge in [0.1, 0.15) is 5.82 Å². The number of rotatable bonds is 6. The third kappa shape index (κ3) is 5.54. The van der Waals surface area contributed by atoms with Crippen molar-refractivity contribution in [3.8, 4) is 0 Å². The highest BCUT2D eigenvalue weighted by atomic mass is 19.4. The fourth-order valence-corrected chi connectivity index (χ4v) is 4.50. The van der Waals surface area contributed by atoms with E-state index < -0.39 is 29.4 Å². The molecule has 9 heteroatoms. The number of halogens is 6. The van der Waals surface area contributed by atoms with Crippen molar-refractivity contribution in [3.05, 3.63) is 29.6 Å². The minimum absolute atomic E-state index is 0.0164. The summed E-state index contributed by atoms with van der Waals surface area (Å²) < 4.78 is 78.2. The summed E-state index contributed by atoms with van der Waals surface area (Å²) in [6.07, 6.45) is -4.20. The molecule has 0 atom stereocenters. The Bertz CT molecular complexity index is 792. The Balaban J connectivity index is 1.46. The molecule has 1 aliphatic heterocycles. The predicted molar refractivity (Wildman–Crippen MR) is 105 cm³/mol. The van der Waals surface area contributed by atoms with Crippen molar-refractivity contribution in [2.45, 2.75) is 58.6 Å². The van der Waals surface area contributed by atoms with Gasteiger partial charge in [-0.25, -0.2) is 13.2 Å². The molecule has 174 valence electrons. The molecule has 3 nitrogen and oxygen atoms in total. The van der Waals surface area contributed by atoms with Gasteiger partial charge in [0.2, 0.25) is 5.91 Å².